The molecule has 2 amide bonds. The van der Waals surface area contributed by atoms with Gasteiger partial charge in [0.05, 0.1) is 25.6 Å². The van der Waals surface area contributed by atoms with Gasteiger partial charge in [-0.15, -0.1) is 0 Å². The van der Waals surface area contributed by atoms with Crippen molar-refractivity contribution in [2.45, 2.75) is 32.4 Å². The maximum Gasteiger partial charge on any atom is 0.259 e. The van der Waals surface area contributed by atoms with Crippen molar-refractivity contribution in [2.24, 2.45) is 5.92 Å². The molecule has 0 saturated heterocycles. The molecule has 188 valence electrons. The number of hydrogen-bond donors (Lipinski definition) is 1. The van der Waals surface area contributed by atoms with Crippen LogP contribution < -0.4 is 4.74 Å². The van der Waals surface area contributed by atoms with Gasteiger partial charge in [-0.3, -0.25) is 14.6 Å². The smallest absolute Gasteiger partial charge is 0.259 e. The second-order valence-corrected chi connectivity index (χ2v) is 9.10. The van der Waals surface area contributed by atoms with Crippen LogP contribution in [-0.2, 0) is 11.2 Å². The second-order valence-electron chi connectivity index (χ2n) is 9.10. The van der Waals surface area contributed by atoms with Crippen molar-refractivity contribution in [2.75, 3.05) is 26.7 Å². The summed E-state index contributed by atoms with van der Waals surface area (Å²) >= 11 is 0. The van der Waals surface area contributed by atoms with Gasteiger partial charge < -0.3 is 19.6 Å². The predicted molar refractivity (Wildman–Crippen MR) is 132 cm³/mol. The van der Waals surface area contributed by atoms with Gasteiger partial charge in [0.1, 0.15) is 18.0 Å². The molecule has 3 aromatic rings. The third kappa shape index (κ3) is 5.65. The quantitative estimate of drug-likeness (QED) is 0.533. The summed E-state index contributed by atoms with van der Waals surface area (Å²) in [6.45, 7) is 4.24. The van der Waals surface area contributed by atoms with E-state index in [1.165, 1.54) is 6.33 Å². The molecule has 0 aromatic carbocycles. The van der Waals surface area contributed by atoms with Crippen LogP contribution in [0.4, 0.5) is 0 Å². The molecule has 4 heterocycles. The van der Waals surface area contributed by atoms with Crippen molar-refractivity contribution in [1.82, 2.24) is 29.7 Å². The fourth-order valence-electron chi connectivity index (χ4n) is 4.09. The van der Waals surface area contributed by atoms with Crippen molar-refractivity contribution in [3.05, 3.63) is 66.6 Å². The zero-order chi connectivity index (χ0) is 25.7. The van der Waals surface area contributed by atoms with Gasteiger partial charge in [0, 0.05) is 61.1 Å². The zero-order valence-corrected chi connectivity index (χ0v) is 20.6. The number of aliphatic hydroxyl groups is 1. The van der Waals surface area contributed by atoms with Gasteiger partial charge in [0.2, 0.25) is 11.8 Å². The number of ether oxygens (including phenoxy) is 1. The first-order valence-corrected chi connectivity index (χ1v) is 11.8. The molecule has 1 N–H and O–H groups in total. The maximum absolute atomic E-state index is 13.6. The summed E-state index contributed by atoms with van der Waals surface area (Å²) in [5.41, 5.74) is 2.37. The third-order valence-corrected chi connectivity index (χ3v) is 6.35. The summed E-state index contributed by atoms with van der Waals surface area (Å²) in [6.07, 6.45) is 7.75. The van der Waals surface area contributed by atoms with E-state index in [0.29, 0.717) is 29.9 Å². The molecule has 0 fully saturated rings. The molecule has 0 radical (unpaired) electrons. The van der Waals surface area contributed by atoms with Crippen LogP contribution in [0.1, 0.15) is 29.9 Å². The molecule has 0 spiro atoms. The molecule has 1 aliphatic heterocycles. The van der Waals surface area contributed by atoms with E-state index in [2.05, 4.69) is 19.9 Å². The minimum Gasteiger partial charge on any atom is -0.472 e. The zero-order valence-electron chi connectivity index (χ0n) is 20.6. The van der Waals surface area contributed by atoms with Crippen molar-refractivity contribution in [3.63, 3.8) is 0 Å². The Kier molecular flexibility index (Phi) is 7.84. The van der Waals surface area contributed by atoms with Crippen molar-refractivity contribution in [3.8, 4) is 17.0 Å². The Morgan fingerprint density at radius 2 is 2.00 bits per heavy atom. The minimum absolute atomic E-state index is 0.0872. The fraction of sp³-hybridized carbons (Fsp3) is 0.385. The minimum atomic E-state index is -0.429. The first-order valence-electron chi connectivity index (χ1n) is 11.8. The van der Waals surface area contributed by atoms with E-state index in [1.807, 2.05) is 25.1 Å². The molecule has 4 rings (SSSR count). The molecule has 0 saturated carbocycles. The lowest BCUT2D eigenvalue weighted by atomic mass is 9.99. The Morgan fingerprint density at radius 1 is 1.22 bits per heavy atom. The summed E-state index contributed by atoms with van der Waals surface area (Å²) in [5.74, 6) is -0.304. The summed E-state index contributed by atoms with van der Waals surface area (Å²) < 4.78 is 6.28. The molecule has 3 aromatic heterocycles. The number of aromatic nitrogens is 4. The number of pyridine rings is 2. The van der Waals surface area contributed by atoms with Gasteiger partial charge in [0.15, 0.2) is 0 Å². The first kappa shape index (κ1) is 25.2. The fourth-order valence-corrected chi connectivity index (χ4v) is 4.09. The van der Waals surface area contributed by atoms with Crippen LogP contribution in [-0.4, -0.2) is 85.5 Å². The van der Waals surface area contributed by atoms with Crippen molar-refractivity contribution < 1.29 is 19.4 Å². The van der Waals surface area contributed by atoms with Gasteiger partial charge >= 0.3 is 0 Å². The van der Waals surface area contributed by atoms with E-state index in [0.717, 1.165) is 0 Å². The van der Waals surface area contributed by atoms with E-state index in [4.69, 9.17) is 4.74 Å². The monoisotopic (exact) mass is 490 g/mol. The molecule has 10 nitrogen and oxygen atoms in total. The molecule has 36 heavy (non-hydrogen) atoms. The molecule has 10 heteroatoms. The van der Waals surface area contributed by atoms with Crippen molar-refractivity contribution >= 4 is 11.8 Å². The van der Waals surface area contributed by atoms with E-state index >= 15 is 0 Å². The largest absolute Gasteiger partial charge is 0.472 e. The Balaban J connectivity index is 1.62. The Morgan fingerprint density at radius 3 is 2.69 bits per heavy atom. The third-order valence-electron chi connectivity index (χ3n) is 6.35. The maximum atomic E-state index is 13.6. The first-order chi connectivity index (χ1) is 17.4. The lowest BCUT2D eigenvalue weighted by Gasteiger charge is -2.37. The van der Waals surface area contributed by atoms with E-state index < -0.39 is 12.1 Å². The van der Waals surface area contributed by atoms with Crippen LogP contribution in [0.25, 0.3) is 11.1 Å². The van der Waals surface area contributed by atoms with Crippen LogP contribution in [0.15, 0.2) is 55.4 Å². The van der Waals surface area contributed by atoms with E-state index in [-0.39, 0.29) is 42.2 Å². The van der Waals surface area contributed by atoms with Gasteiger partial charge in [-0.05, 0) is 25.1 Å². The summed E-state index contributed by atoms with van der Waals surface area (Å²) in [4.78, 5) is 46.5. The van der Waals surface area contributed by atoms with Gasteiger partial charge in [-0.2, -0.15) is 0 Å². The van der Waals surface area contributed by atoms with Crippen molar-refractivity contribution in [1.29, 1.82) is 0 Å². The number of amides is 2. The highest BCUT2D eigenvalue weighted by Crippen LogP contribution is 2.30. The molecule has 0 aliphatic carbocycles. The number of nitrogens with zero attached hydrogens (tertiary/aromatic N) is 6. The Labute approximate surface area is 210 Å². The van der Waals surface area contributed by atoms with Gasteiger partial charge in [0.25, 0.3) is 5.91 Å². The summed E-state index contributed by atoms with van der Waals surface area (Å²) in [7, 11) is 1.73. The summed E-state index contributed by atoms with van der Waals surface area (Å²) in [6, 6.07) is 6.78. The SMILES string of the molecule is C[C@H]1CN([C@@H](C)CO)C(=O)c2cc(-c3cncnc3)cnc2O[C@@H]1CN(C)C(=O)Cc1ccccn1. The molecule has 0 bridgehead atoms. The Hall–Kier alpha value is -3.92. The second kappa shape index (κ2) is 11.2. The molecular formula is C26H30N6O4. The van der Waals surface area contributed by atoms with Gasteiger partial charge in [-0.25, -0.2) is 15.0 Å². The van der Waals surface area contributed by atoms with E-state index in [1.54, 1.807) is 54.6 Å². The summed E-state index contributed by atoms with van der Waals surface area (Å²) in [5, 5.41) is 9.84. The van der Waals surface area contributed by atoms with Crippen LogP contribution in [0, 0.1) is 5.92 Å². The van der Waals surface area contributed by atoms with Crippen LogP contribution in [0.5, 0.6) is 5.88 Å². The average molecular weight is 491 g/mol. The normalized spacial score (nSPS) is 18.4. The van der Waals surface area contributed by atoms with Crippen LogP contribution in [0.2, 0.25) is 0 Å². The molecule has 0 unspecified atom stereocenters. The predicted octanol–water partition coefficient (Wildman–Crippen LogP) is 1.85. The van der Waals surface area contributed by atoms with Gasteiger partial charge in [-0.1, -0.05) is 13.0 Å². The lowest BCUT2D eigenvalue weighted by molar-refractivity contribution is -0.130. The standard InChI is InChI=1S/C26H30N6O4/c1-17-13-32(18(2)15-33)26(35)22-8-19(20-10-27-16-28-11-20)12-30-25(22)36-23(17)14-31(3)24(34)9-21-6-4-5-7-29-21/h4-8,10-12,16-18,23,33H,9,13-15H2,1-3H3/t17-,18-,23+/m0/s1. The highest BCUT2D eigenvalue weighted by atomic mass is 16.5. The number of carbonyl (C=O) groups excluding carboxylic acids is 2. The Bertz CT molecular complexity index is 1190. The number of carbonyl (C=O) groups is 2. The molecule has 3 atom stereocenters. The van der Waals surface area contributed by atoms with Crippen LogP contribution >= 0.6 is 0 Å². The molecular weight excluding hydrogens is 460 g/mol. The van der Waals surface area contributed by atoms with Crippen LogP contribution in [0.3, 0.4) is 0 Å². The number of aliphatic hydroxyl groups excluding tert-OH is 1. The number of fused-ring (bicyclic) bond motifs is 1. The van der Waals surface area contributed by atoms with E-state index in [9.17, 15) is 14.7 Å². The average Bonchev–Trinajstić information content (AvgIpc) is 2.91. The highest BCUT2D eigenvalue weighted by molar-refractivity contribution is 5.98. The molecule has 1 aliphatic rings. The number of likely N-dealkylation sites (N-methyl/N-ethyl adjacent to an activating group) is 1. The topological polar surface area (TPSA) is 122 Å². The number of hydrogen-bond acceptors (Lipinski definition) is 8. The highest BCUT2D eigenvalue weighted by Gasteiger charge is 2.34. The number of rotatable bonds is 7. The lowest BCUT2D eigenvalue weighted by Crippen LogP contribution is -2.50.